The Hall–Kier alpha value is -4.15. The van der Waals surface area contributed by atoms with Crippen molar-refractivity contribution in [1.29, 1.82) is 0 Å². The number of carbonyl (C=O) groups excluding carboxylic acids is 1. The smallest absolute Gasteiger partial charge is 0.410 e. The standard InChI is InChI=1S/C37H33NO3/c1-37(2)34-14-8-7-13-31(34)32-16-15-23(19-35(32)37)24-17-25-20-40-21-26(18-24)38(25)36(39)41-22-33-29-11-5-3-9-27(29)28-10-4-6-12-30(28)33/h3-17,19,25-26,33H,18,20-22H2,1-2H3. The van der Waals surface area contributed by atoms with E-state index in [4.69, 9.17) is 9.47 Å². The quantitative estimate of drug-likeness (QED) is 0.267. The first kappa shape index (κ1) is 24.6. The summed E-state index contributed by atoms with van der Waals surface area (Å²) >= 11 is 0. The Bertz CT molecular complexity index is 1690. The molecule has 0 radical (unpaired) electrons. The van der Waals surface area contributed by atoms with Gasteiger partial charge >= 0.3 is 6.09 Å². The Balaban J connectivity index is 1.05. The van der Waals surface area contributed by atoms with Crippen molar-refractivity contribution < 1.29 is 14.3 Å². The zero-order valence-electron chi connectivity index (χ0n) is 23.5. The summed E-state index contributed by atoms with van der Waals surface area (Å²) in [5, 5.41) is 0. The molecule has 2 unspecified atom stereocenters. The van der Waals surface area contributed by atoms with E-state index < -0.39 is 0 Å². The Kier molecular flexibility index (Phi) is 5.52. The summed E-state index contributed by atoms with van der Waals surface area (Å²) in [4.78, 5) is 15.5. The third-order valence-corrected chi connectivity index (χ3v) is 9.70. The number of benzene rings is 4. The van der Waals surface area contributed by atoms with Crippen LogP contribution in [-0.2, 0) is 14.9 Å². The molecule has 4 aromatic rings. The van der Waals surface area contributed by atoms with Gasteiger partial charge in [0.2, 0.25) is 0 Å². The predicted octanol–water partition coefficient (Wildman–Crippen LogP) is 7.80. The van der Waals surface area contributed by atoms with Gasteiger partial charge in [0.1, 0.15) is 6.61 Å². The van der Waals surface area contributed by atoms with E-state index in [1.54, 1.807) is 0 Å². The van der Waals surface area contributed by atoms with Gasteiger partial charge < -0.3 is 9.47 Å². The molecular weight excluding hydrogens is 506 g/mol. The minimum Gasteiger partial charge on any atom is -0.448 e. The molecule has 0 spiro atoms. The van der Waals surface area contributed by atoms with Gasteiger partial charge in [0, 0.05) is 11.3 Å². The van der Waals surface area contributed by atoms with Crippen molar-refractivity contribution in [1.82, 2.24) is 4.90 Å². The van der Waals surface area contributed by atoms with E-state index in [0.29, 0.717) is 19.8 Å². The van der Waals surface area contributed by atoms with Gasteiger partial charge in [-0.2, -0.15) is 0 Å². The van der Waals surface area contributed by atoms with E-state index in [1.807, 2.05) is 4.90 Å². The summed E-state index contributed by atoms with van der Waals surface area (Å²) in [7, 11) is 0. The number of ether oxygens (including phenoxy) is 2. The van der Waals surface area contributed by atoms with Gasteiger partial charge in [-0.05, 0) is 68.1 Å². The minimum absolute atomic E-state index is 0.0382. The fourth-order valence-electron chi connectivity index (χ4n) is 7.67. The van der Waals surface area contributed by atoms with Crippen LogP contribution >= 0.6 is 0 Å². The Morgan fingerprint density at radius 1 is 0.829 bits per heavy atom. The van der Waals surface area contributed by atoms with Crippen LogP contribution in [-0.4, -0.2) is 42.9 Å². The molecule has 2 heterocycles. The number of morpholine rings is 1. The molecule has 2 bridgehead atoms. The fraction of sp³-hybridized carbons (Fsp3) is 0.270. The van der Waals surface area contributed by atoms with Crippen LogP contribution in [0, 0.1) is 0 Å². The summed E-state index contributed by atoms with van der Waals surface area (Å²) in [5.41, 5.74) is 12.9. The molecule has 2 atom stereocenters. The second-order valence-electron chi connectivity index (χ2n) is 12.3. The molecular formula is C37H33NO3. The lowest BCUT2D eigenvalue weighted by Crippen LogP contribution is -2.56. The van der Waals surface area contributed by atoms with Crippen molar-refractivity contribution in [2.75, 3.05) is 19.8 Å². The highest BCUT2D eigenvalue weighted by Gasteiger charge is 2.41. The molecule has 41 heavy (non-hydrogen) atoms. The molecule has 2 aliphatic carbocycles. The molecule has 4 nitrogen and oxygen atoms in total. The van der Waals surface area contributed by atoms with Gasteiger partial charge in [0.05, 0.1) is 25.3 Å². The van der Waals surface area contributed by atoms with Gasteiger partial charge in [-0.1, -0.05) is 105 Å². The maximum atomic E-state index is 13.6. The Morgan fingerprint density at radius 2 is 1.49 bits per heavy atom. The lowest BCUT2D eigenvalue weighted by atomic mass is 9.81. The van der Waals surface area contributed by atoms with Crippen LogP contribution in [0.25, 0.3) is 27.8 Å². The number of amides is 1. The molecule has 0 N–H and O–H groups in total. The molecule has 1 amide bonds. The van der Waals surface area contributed by atoms with Crippen molar-refractivity contribution in [3.8, 4) is 22.3 Å². The number of fused-ring (bicyclic) bond motifs is 8. The molecule has 1 saturated heterocycles. The van der Waals surface area contributed by atoms with E-state index >= 15 is 0 Å². The third-order valence-electron chi connectivity index (χ3n) is 9.70. The summed E-state index contributed by atoms with van der Waals surface area (Å²) in [6.07, 6.45) is 2.74. The van der Waals surface area contributed by atoms with Crippen molar-refractivity contribution in [2.24, 2.45) is 0 Å². The number of hydrogen-bond acceptors (Lipinski definition) is 3. The number of rotatable bonds is 3. The number of hydrogen-bond donors (Lipinski definition) is 0. The van der Waals surface area contributed by atoms with Crippen LogP contribution in [0.3, 0.4) is 0 Å². The monoisotopic (exact) mass is 539 g/mol. The Labute approximate surface area is 241 Å². The lowest BCUT2D eigenvalue weighted by Gasteiger charge is -2.44. The molecule has 8 rings (SSSR count). The zero-order chi connectivity index (χ0) is 27.7. The highest BCUT2D eigenvalue weighted by atomic mass is 16.6. The second kappa shape index (κ2) is 9.19. The summed E-state index contributed by atoms with van der Waals surface area (Å²) < 4.78 is 12.0. The van der Waals surface area contributed by atoms with E-state index in [9.17, 15) is 4.79 Å². The average Bonchev–Trinajstić information content (AvgIpc) is 3.44. The molecule has 2 aliphatic heterocycles. The normalized spacial score (nSPS) is 21.4. The van der Waals surface area contributed by atoms with E-state index in [-0.39, 0.29) is 29.5 Å². The molecule has 0 aromatic heterocycles. The van der Waals surface area contributed by atoms with Crippen LogP contribution in [0.1, 0.15) is 54.0 Å². The van der Waals surface area contributed by atoms with Crippen molar-refractivity contribution in [3.63, 3.8) is 0 Å². The predicted molar refractivity (Wildman–Crippen MR) is 162 cm³/mol. The third kappa shape index (κ3) is 3.74. The van der Waals surface area contributed by atoms with Gasteiger partial charge in [0.15, 0.2) is 0 Å². The first-order valence-corrected chi connectivity index (χ1v) is 14.7. The van der Waals surface area contributed by atoms with Crippen molar-refractivity contribution in [3.05, 3.63) is 125 Å². The van der Waals surface area contributed by atoms with Crippen LogP contribution in [0.2, 0.25) is 0 Å². The number of nitrogens with zero attached hydrogens (tertiary/aromatic N) is 1. The summed E-state index contributed by atoms with van der Waals surface area (Å²) in [6.45, 7) is 5.99. The average molecular weight is 540 g/mol. The lowest BCUT2D eigenvalue weighted by molar-refractivity contribution is -0.0331. The summed E-state index contributed by atoms with van der Waals surface area (Å²) in [6, 6.07) is 32.4. The molecule has 204 valence electrons. The molecule has 4 aromatic carbocycles. The maximum absolute atomic E-state index is 13.6. The van der Waals surface area contributed by atoms with Gasteiger partial charge in [-0.3, -0.25) is 4.90 Å². The fourth-order valence-corrected chi connectivity index (χ4v) is 7.67. The summed E-state index contributed by atoms with van der Waals surface area (Å²) in [5.74, 6) is 0.0530. The first-order valence-electron chi connectivity index (χ1n) is 14.7. The van der Waals surface area contributed by atoms with Crippen LogP contribution < -0.4 is 0 Å². The number of carbonyl (C=O) groups is 1. The highest BCUT2D eigenvalue weighted by molar-refractivity contribution is 5.84. The molecule has 4 heteroatoms. The maximum Gasteiger partial charge on any atom is 0.410 e. The Morgan fingerprint density at radius 3 is 2.22 bits per heavy atom. The van der Waals surface area contributed by atoms with Crippen LogP contribution in [0.15, 0.2) is 97.1 Å². The SMILES string of the molecule is CC1(C)c2ccccc2-c2ccc(C3=CC4COCC(C3)N4C(=O)OCC3c4ccccc4-c4ccccc43)cc21. The van der Waals surface area contributed by atoms with E-state index in [1.165, 1.54) is 55.6 Å². The molecule has 0 saturated carbocycles. The van der Waals surface area contributed by atoms with Crippen LogP contribution in [0.5, 0.6) is 0 Å². The van der Waals surface area contributed by atoms with Gasteiger partial charge in [-0.25, -0.2) is 4.79 Å². The van der Waals surface area contributed by atoms with E-state index in [0.717, 1.165) is 6.42 Å². The molecule has 4 aliphatic rings. The highest BCUT2D eigenvalue weighted by Crippen LogP contribution is 2.50. The largest absolute Gasteiger partial charge is 0.448 e. The van der Waals surface area contributed by atoms with Crippen molar-refractivity contribution in [2.45, 2.75) is 43.7 Å². The van der Waals surface area contributed by atoms with E-state index in [2.05, 4.69) is 111 Å². The van der Waals surface area contributed by atoms with Crippen LogP contribution in [0.4, 0.5) is 4.79 Å². The molecule has 1 fully saturated rings. The van der Waals surface area contributed by atoms with Gasteiger partial charge in [0.25, 0.3) is 0 Å². The minimum atomic E-state index is -0.244. The van der Waals surface area contributed by atoms with Gasteiger partial charge in [-0.15, -0.1) is 0 Å². The second-order valence-corrected chi connectivity index (χ2v) is 12.3. The van der Waals surface area contributed by atoms with Crippen molar-refractivity contribution >= 4 is 11.7 Å². The topological polar surface area (TPSA) is 38.8 Å². The first-order chi connectivity index (χ1) is 20.0. The zero-order valence-corrected chi connectivity index (χ0v) is 23.5.